The smallest absolute Gasteiger partial charge is 0.224 e. The summed E-state index contributed by atoms with van der Waals surface area (Å²) in [6, 6.07) is 1.89. The third-order valence-electron chi connectivity index (χ3n) is 5.30. The lowest BCUT2D eigenvalue weighted by Crippen LogP contribution is -2.47. The highest BCUT2D eigenvalue weighted by molar-refractivity contribution is 5.83. The number of likely N-dealkylation sites (tertiary alicyclic amines) is 1. The minimum Gasteiger partial charge on any atom is -0.379 e. The van der Waals surface area contributed by atoms with Gasteiger partial charge in [0.2, 0.25) is 11.8 Å². The van der Waals surface area contributed by atoms with Gasteiger partial charge in [-0.3, -0.25) is 19.2 Å². The fraction of sp³-hybridized carbons (Fsp3) is 0.737. The zero-order chi connectivity index (χ0) is 18.9. The van der Waals surface area contributed by atoms with Crippen molar-refractivity contribution in [1.82, 2.24) is 24.9 Å². The molecule has 1 unspecified atom stereocenters. The van der Waals surface area contributed by atoms with Gasteiger partial charge in [-0.1, -0.05) is 0 Å². The van der Waals surface area contributed by atoms with E-state index in [1.165, 1.54) is 0 Å². The number of amides is 2. The normalized spacial score (nSPS) is 21.4. The highest BCUT2D eigenvalue weighted by atomic mass is 16.5. The lowest BCUT2D eigenvalue weighted by molar-refractivity contribution is -0.138. The highest BCUT2D eigenvalue weighted by Gasteiger charge is 2.29. The molecular weight excluding hydrogens is 346 g/mol. The molecule has 8 heteroatoms. The summed E-state index contributed by atoms with van der Waals surface area (Å²) < 4.78 is 7.22. The van der Waals surface area contributed by atoms with Crippen LogP contribution in [0.4, 0.5) is 0 Å². The predicted molar refractivity (Wildman–Crippen MR) is 101 cm³/mol. The van der Waals surface area contributed by atoms with Gasteiger partial charge in [-0.2, -0.15) is 5.10 Å². The van der Waals surface area contributed by atoms with E-state index in [1.807, 2.05) is 21.8 Å². The molecule has 2 fully saturated rings. The maximum atomic E-state index is 12.4. The molecule has 0 bridgehead atoms. The average molecular weight is 377 g/mol. The molecule has 0 spiro atoms. The van der Waals surface area contributed by atoms with Gasteiger partial charge in [0.05, 0.1) is 19.1 Å². The van der Waals surface area contributed by atoms with Crippen LogP contribution in [0.1, 0.15) is 25.7 Å². The van der Waals surface area contributed by atoms with Crippen LogP contribution in [0, 0.1) is 5.92 Å². The van der Waals surface area contributed by atoms with Gasteiger partial charge in [0.1, 0.15) is 0 Å². The Balaban J connectivity index is 1.34. The monoisotopic (exact) mass is 377 g/mol. The molecule has 0 radical (unpaired) electrons. The molecule has 1 aromatic heterocycles. The molecule has 0 aliphatic carbocycles. The topological polar surface area (TPSA) is 79.7 Å². The van der Waals surface area contributed by atoms with Crippen LogP contribution in [0.25, 0.3) is 0 Å². The number of morpholine rings is 1. The molecule has 0 saturated carbocycles. The number of carbonyl (C=O) groups is 2. The van der Waals surface area contributed by atoms with Gasteiger partial charge in [0.25, 0.3) is 0 Å². The fourth-order valence-electron chi connectivity index (χ4n) is 3.68. The zero-order valence-electron chi connectivity index (χ0n) is 16.0. The Kier molecular flexibility index (Phi) is 7.65. The van der Waals surface area contributed by atoms with Crippen LogP contribution in [0.15, 0.2) is 18.5 Å². The summed E-state index contributed by atoms with van der Waals surface area (Å²) in [5.41, 5.74) is 0. The summed E-state index contributed by atoms with van der Waals surface area (Å²) in [5.74, 6) is 0.164. The fourth-order valence-corrected chi connectivity index (χ4v) is 3.68. The van der Waals surface area contributed by atoms with Crippen molar-refractivity contribution >= 4 is 11.8 Å². The molecule has 1 atom stereocenters. The molecule has 27 heavy (non-hydrogen) atoms. The maximum Gasteiger partial charge on any atom is 0.224 e. The second-order valence-corrected chi connectivity index (χ2v) is 7.30. The van der Waals surface area contributed by atoms with Gasteiger partial charge in [-0.05, 0) is 25.3 Å². The first-order valence-electron chi connectivity index (χ1n) is 10.1. The van der Waals surface area contributed by atoms with Crippen molar-refractivity contribution < 1.29 is 14.3 Å². The van der Waals surface area contributed by atoms with Gasteiger partial charge < -0.3 is 15.0 Å². The van der Waals surface area contributed by atoms with Crippen molar-refractivity contribution in [1.29, 1.82) is 0 Å². The van der Waals surface area contributed by atoms with Crippen LogP contribution in [-0.2, 0) is 20.9 Å². The van der Waals surface area contributed by atoms with Crippen molar-refractivity contribution in [3.05, 3.63) is 18.5 Å². The Morgan fingerprint density at radius 3 is 2.85 bits per heavy atom. The van der Waals surface area contributed by atoms with E-state index in [-0.39, 0.29) is 17.7 Å². The van der Waals surface area contributed by atoms with Gasteiger partial charge >= 0.3 is 0 Å². The van der Waals surface area contributed by atoms with E-state index in [4.69, 9.17) is 4.74 Å². The average Bonchev–Trinajstić information content (AvgIpc) is 3.21. The number of rotatable bonds is 9. The number of piperidine rings is 1. The van der Waals surface area contributed by atoms with Crippen LogP contribution >= 0.6 is 0 Å². The molecule has 1 aromatic rings. The number of aromatic nitrogens is 2. The second-order valence-electron chi connectivity index (χ2n) is 7.30. The number of hydrogen-bond acceptors (Lipinski definition) is 5. The molecule has 3 heterocycles. The summed E-state index contributed by atoms with van der Waals surface area (Å²) >= 11 is 0. The Bertz CT molecular complexity index is 586. The molecule has 2 aliphatic rings. The Labute approximate surface area is 160 Å². The van der Waals surface area contributed by atoms with E-state index >= 15 is 0 Å². The first-order chi connectivity index (χ1) is 13.2. The number of nitrogens with one attached hydrogen (secondary N) is 1. The van der Waals surface area contributed by atoms with E-state index in [2.05, 4.69) is 15.3 Å². The SMILES string of the molecule is O=C(NCCCn1cccn1)C1CCC(=O)N(CCCN2CCOCC2)C1. The number of nitrogens with zero attached hydrogens (tertiary/aromatic N) is 4. The molecule has 3 rings (SSSR count). The lowest BCUT2D eigenvalue weighted by atomic mass is 9.96. The van der Waals surface area contributed by atoms with E-state index < -0.39 is 0 Å². The minimum absolute atomic E-state index is 0.0705. The second kappa shape index (κ2) is 10.4. The Morgan fingerprint density at radius 2 is 2.07 bits per heavy atom. The first kappa shape index (κ1) is 19.8. The zero-order valence-corrected chi connectivity index (χ0v) is 16.0. The third kappa shape index (κ3) is 6.32. The number of ether oxygens (including phenoxy) is 1. The van der Waals surface area contributed by atoms with Crippen molar-refractivity contribution in [3.63, 3.8) is 0 Å². The van der Waals surface area contributed by atoms with Crippen LogP contribution in [-0.4, -0.2) is 83.9 Å². The minimum atomic E-state index is -0.0872. The van der Waals surface area contributed by atoms with Crippen LogP contribution < -0.4 is 5.32 Å². The van der Waals surface area contributed by atoms with Gasteiger partial charge in [-0.15, -0.1) is 0 Å². The third-order valence-corrected chi connectivity index (χ3v) is 5.30. The lowest BCUT2D eigenvalue weighted by Gasteiger charge is -2.33. The first-order valence-corrected chi connectivity index (χ1v) is 10.1. The standard InChI is InChI=1S/C19H31N5O3/c25-18-5-4-17(19(26)20-6-1-10-24-11-2-7-21-24)16-23(18)9-3-8-22-12-14-27-15-13-22/h2,7,11,17H,1,3-6,8-10,12-16H2,(H,20,26). The van der Waals surface area contributed by atoms with E-state index in [1.54, 1.807) is 6.20 Å². The van der Waals surface area contributed by atoms with Gasteiger partial charge in [-0.25, -0.2) is 0 Å². The van der Waals surface area contributed by atoms with Crippen molar-refractivity contribution in [2.75, 3.05) is 52.5 Å². The van der Waals surface area contributed by atoms with E-state index in [0.29, 0.717) is 25.9 Å². The molecule has 2 aliphatic heterocycles. The number of hydrogen-bond donors (Lipinski definition) is 1. The molecular formula is C19H31N5O3. The van der Waals surface area contributed by atoms with E-state index in [0.717, 1.165) is 58.8 Å². The quantitative estimate of drug-likeness (QED) is 0.628. The van der Waals surface area contributed by atoms with Crippen molar-refractivity contribution in [2.24, 2.45) is 5.92 Å². The van der Waals surface area contributed by atoms with Crippen molar-refractivity contribution in [3.8, 4) is 0 Å². The number of carbonyl (C=O) groups excluding carboxylic acids is 2. The predicted octanol–water partition coefficient (Wildman–Crippen LogP) is 0.350. The van der Waals surface area contributed by atoms with Crippen LogP contribution in [0.5, 0.6) is 0 Å². The summed E-state index contributed by atoms with van der Waals surface area (Å²) in [7, 11) is 0. The maximum absolute atomic E-state index is 12.4. The molecule has 8 nitrogen and oxygen atoms in total. The molecule has 0 aromatic carbocycles. The highest BCUT2D eigenvalue weighted by Crippen LogP contribution is 2.18. The Hall–Kier alpha value is -1.93. The van der Waals surface area contributed by atoms with Crippen LogP contribution in [0.2, 0.25) is 0 Å². The summed E-state index contributed by atoms with van der Waals surface area (Å²) in [6.07, 6.45) is 6.60. The summed E-state index contributed by atoms with van der Waals surface area (Å²) in [6.45, 7) is 7.24. The largest absolute Gasteiger partial charge is 0.379 e. The van der Waals surface area contributed by atoms with Gasteiger partial charge in [0, 0.05) is 64.6 Å². The molecule has 2 amide bonds. The molecule has 1 N–H and O–H groups in total. The van der Waals surface area contributed by atoms with Crippen molar-refractivity contribution in [2.45, 2.75) is 32.2 Å². The Morgan fingerprint density at radius 1 is 1.22 bits per heavy atom. The molecule has 2 saturated heterocycles. The summed E-state index contributed by atoms with van der Waals surface area (Å²) in [5, 5.41) is 7.17. The van der Waals surface area contributed by atoms with Crippen LogP contribution in [0.3, 0.4) is 0 Å². The number of aryl methyl sites for hydroxylation is 1. The molecule has 150 valence electrons. The van der Waals surface area contributed by atoms with E-state index in [9.17, 15) is 9.59 Å². The summed E-state index contributed by atoms with van der Waals surface area (Å²) in [4.78, 5) is 28.9. The van der Waals surface area contributed by atoms with Gasteiger partial charge in [0.15, 0.2) is 0 Å².